The zero-order valence-corrected chi connectivity index (χ0v) is 10.0. The van der Waals surface area contributed by atoms with Crippen LogP contribution in [0.5, 0.6) is 0 Å². The number of aliphatic hydroxyl groups is 1. The lowest BCUT2D eigenvalue weighted by Crippen LogP contribution is -2.28. The fourth-order valence-corrected chi connectivity index (χ4v) is 1.53. The summed E-state index contributed by atoms with van der Waals surface area (Å²) in [5.41, 5.74) is 0.924. The number of likely N-dealkylation sites (tertiary alicyclic amines) is 1. The van der Waals surface area contributed by atoms with Gasteiger partial charge < -0.3 is 10.0 Å². The third kappa shape index (κ3) is 4.00. The Bertz CT molecular complexity index is 365. The molecule has 1 fully saturated rings. The quantitative estimate of drug-likeness (QED) is 0.839. The summed E-state index contributed by atoms with van der Waals surface area (Å²) in [7, 11) is 0. The molecule has 2 heterocycles. The van der Waals surface area contributed by atoms with E-state index in [1.54, 1.807) is 17.2 Å². The summed E-state index contributed by atoms with van der Waals surface area (Å²) < 4.78 is 0. The van der Waals surface area contributed by atoms with Crippen LogP contribution in [0.3, 0.4) is 0 Å². The topological polar surface area (TPSA) is 53.4 Å². The molecule has 1 saturated heterocycles. The van der Waals surface area contributed by atoms with Crippen molar-refractivity contribution >= 4 is 12.0 Å². The number of aromatic nitrogens is 1. The van der Waals surface area contributed by atoms with E-state index in [9.17, 15) is 4.79 Å². The second-order valence-corrected chi connectivity index (χ2v) is 3.68. The van der Waals surface area contributed by atoms with E-state index in [0.29, 0.717) is 6.42 Å². The van der Waals surface area contributed by atoms with Crippen LogP contribution < -0.4 is 0 Å². The van der Waals surface area contributed by atoms with Gasteiger partial charge in [0.2, 0.25) is 0 Å². The molecule has 0 spiro atoms. The van der Waals surface area contributed by atoms with Crippen molar-refractivity contribution in [1.29, 1.82) is 0 Å². The van der Waals surface area contributed by atoms with Crippen LogP contribution in [0.25, 0.3) is 6.08 Å². The largest absolute Gasteiger partial charge is 0.383 e. The Balaban J connectivity index is 0.000000171. The molecule has 92 valence electrons. The van der Waals surface area contributed by atoms with Crippen molar-refractivity contribution in [2.75, 3.05) is 13.1 Å². The third-order valence-electron chi connectivity index (χ3n) is 2.55. The van der Waals surface area contributed by atoms with Crippen LogP contribution in [0, 0.1) is 0 Å². The maximum absolute atomic E-state index is 10.8. The summed E-state index contributed by atoms with van der Waals surface area (Å²) in [6.07, 6.45) is 3.36. The van der Waals surface area contributed by atoms with Crippen LogP contribution in [-0.4, -0.2) is 40.1 Å². The molecule has 17 heavy (non-hydrogen) atoms. The average molecular weight is 234 g/mol. The second kappa shape index (κ2) is 6.81. The van der Waals surface area contributed by atoms with Gasteiger partial charge in [0.15, 0.2) is 0 Å². The number of carbonyl (C=O) groups excluding carboxylic acids is 1. The summed E-state index contributed by atoms with van der Waals surface area (Å²) >= 11 is 0. The first-order valence-corrected chi connectivity index (χ1v) is 5.69. The highest BCUT2D eigenvalue weighted by Crippen LogP contribution is 2.08. The molecule has 4 heteroatoms. The van der Waals surface area contributed by atoms with E-state index in [-0.39, 0.29) is 5.91 Å². The lowest BCUT2D eigenvalue weighted by molar-refractivity contribution is -0.134. The molecular weight excluding hydrogens is 216 g/mol. The lowest BCUT2D eigenvalue weighted by Gasteiger charge is -2.10. The van der Waals surface area contributed by atoms with Crippen LogP contribution in [0.4, 0.5) is 0 Å². The molecule has 0 bridgehead atoms. The second-order valence-electron chi connectivity index (χ2n) is 3.68. The van der Waals surface area contributed by atoms with Gasteiger partial charge in [0.1, 0.15) is 6.10 Å². The number of carbonyl (C=O) groups is 1. The normalized spacial score (nSPS) is 18.6. The average Bonchev–Trinajstić information content (AvgIpc) is 2.71. The number of rotatable bonds is 2. The Morgan fingerprint density at radius 1 is 1.65 bits per heavy atom. The van der Waals surface area contributed by atoms with Gasteiger partial charge >= 0.3 is 0 Å². The van der Waals surface area contributed by atoms with E-state index < -0.39 is 6.10 Å². The Morgan fingerprint density at radius 3 is 2.71 bits per heavy atom. The molecule has 1 amide bonds. The molecule has 1 unspecified atom stereocenters. The molecule has 2 rings (SSSR count). The highest BCUT2D eigenvalue weighted by molar-refractivity contribution is 5.82. The number of hydrogen-bond acceptors (Lipinski definition) is 3. The van der Waals surface area contributed by atoms with E-state index in [1.807, 2.05) is 25.1 Å². The molecule has 0 saturated carbocycles. The van der Waals surface area contributed by atoms with Crippen LogP contribution in [0.1, 0.15) is 19.0 Å². The fourth-order valence-electron chi connectivity index (χ4n) is 1.53. The Kier molecular flexibility index (Phi) is 5.36. The third-order valence-corrected chi connectivity index (χ3v) is 2.55. The van der Waals surface area contributed by atoms with Crippen molar-refractivity contribution in [2.45, 2.75) is 19.4 Å². The fraction of sp³-hybridized carbons (Fsp3) is 0.385. The van der Waals surface area contributed by atoms with Crippen molar-refractivity contribution in [3.05, 3.63) is 36.7 Å². The summed E-state index contributed by atoms with van der Waals surface area (Å²) in [5.74, 6) is -0.113. The first kappa shape index (κ1) is 13.4. The zero-order chi connectivity index (χ0) is 12.7. The van der Waals surface area contributed by atoms with E-state index in [0.717, 1.165) is 18.8 Å². The first-order valence-electron chi connectivity index (χ1n) is 5.69. The van der Waals surface area contributed by atoms with E-state index >= 15 is 0 Å². The van der Waals surface area contributed by atoms with Crippen LogP contribution in [-0.2, 0) is 4.79 Å². The Hall–Kier alpha value is -1.68. The van der Waals surface area contributed by atoms with Crippen LogP contribution in [0.2, 0.25) is 0 Å². The number of hydrogen-bond donors (Lipinski definition) is 1. The highest BCUT2D eigenvalue weighted by atomic mass is 16.3. The monoisotopic (exact) mass is 234 g/mol. The van der Waals surface area contributed by atoms with Crippen molar-refractivity contribution < 1.29 is 9.90 Å². The Morgan fingerprint density at radius 2 is 2.41 bits per heavy atom. The van der Waals surface area contributed by atoms with Gasteiger partial charge in [-0.25, -0.2) is 0 Å². The molecule has 1 atom stereocenters. The SMILES string of the molecule is C=Cc1ccccn1.CCN1CCC(O)C1=O. The van der Waals surface area contributed by atoms with Crippen LogP contribution >= 0.6 is 0 Å². The van der Waals surface area contributed by atoms with E-state index in [1.165, 1.54) is 0 Å². The van der Waals surface area contributed by atoms with Gasteiger partial charge in [-0.15, -0.1) is 0 Å². The number of likely N-dealkylation sites (N-methyl/N-ethyl adjacent to an activating group) is 1. The van der Waals surface area contributed by atoms with Crippen molar-refractivity contribution in [2.24, 2.45) is 0 Å². The minimum absolute atomic E-state index is 0.113. The van der Waals surface area contributed by atoms with Crippen molar-refractivity contribution in [3.63, 3.8) is 0 Å². The minimum Gasteiger partial charge on any atom is -0.383 e. The highest BCUT2D eigenvalue weighted by Gasteiger charge is 2.27. The summed E-state index contributed by atoms with van der Waals surface area (Å²) in [4.78, 5) is 16.4. The molecule has 1 aromatic heterocycles. The predicted molar refractivity (Wildman–Crippen MR) is 67.2 cm³/mol. The molecule has 1 aliphatic rings. The number of amides is 1. The smallest absolute Gasteiger partial charge is 0.251 e. The minimum atomic E-state index is -0.718. The molecule has 0 radical (unpaired) electrons. The van der Waals surface area contributed by atoms with E-state index in [4.69, 9.17) is 5.11 Å². The Labute approximate surface area is 102 Å². The molecule has 4 nitrogen and oxygen atoms in total. The molecular formula is C13H18N2O2. The van der Waals surface area contributed by atoms with Gasteiger partial charge in [-0.05, 0) is 31.6 Å². The predicted octanol–water partition coefficient (Wildman–Crippen LogP) is 1.32. The molecule has 0 aliphatic carbocycles. The molecule has 1 N–H and O–H groups in total. The lowest BCUT2D eigenvalue weighted by atomic mass is 10.3. The first-order chi connectivity index (χ1) is 8.19. The maximum Gasteiger partial charge on any atom is 0.251 e. The zero-order valence-electron chi connectivity index (χ0n) is 10.0. The summed E-state index contributed by atoms with van der Waals surface area (Å²) in [5, 5.41) is 8.91. The number of nitrogens with zero attached hydrogens (tertiary/aromatic N) is 2. The van der Waals surface area contributed by atoms with Crippen molar-refractivity contribution in [1.82, 2.24) is 9.88 Å². The van der Waals surface area contributed by atoms with Crippen LogP contribution in [0.15, 0.2) is 31.0 Å². The van der Waals surface area contributed by atoms with Gasteiger partial charge in [0, 0.05) is 19.3 Å². The van der Waals surface area contributed by atoms with Crippen molar-refractivity contribution in [3.8, 4) is 0 Å². The van der Waals surface area contributed by atoms with Gasteiger partial charge in [-0.1, -0.05) is 12.6 Å². The standard InChI is InChI=1S/C7H7N.C6H11NO2/c1-2-7-5-3-4-6-8-7;1-2-7-4-3-5(8)6(7)9/h2-6H,1H2;5,8H,2-4H2,1H3. The van der Waals surface area contributed by atoms with E-state index in [2.05, 4.69) is 11.6 Å². The molecule has 1 aliphatic heterocycles. The summed E-state index contributed by atoms with van der Waals surface area (Å²) in [6, 6.07) is 5.73. The van der Waals surface area contributed by atoms with Gasteiger partial charge in [0.05, 0.1) is 5.69 Å². The molecule has 1 aromatic rings. The maximum atomic E-state index is 10.8. The molecule has 0 aromatic carbocycles. The van der Waals surface area contributed by atoms with Gasteiger partial charge in [-0.3, -0.25) is 9.78 Å². The van der Waals surface area contributed by atoms with Gasteiger partial charge in [-0.2, -0.15) is 0 Å². The number of aliphatic hydroxyl groups excluding tert-OH is 1. The van der Waals surface area contributed by atoms with Gasteiger partial charge in [0.25, 0.3) is 5.91 Å². The number of pyridine rings is 1. The summed E-state index contributed by atoms with van der Waals surface area (Å²) in [6.45, 7) is 6.92.